The molecule has 1 aliphatic heterocycles. The third-order valence-electron chi connectivity index (χ3n) is 8.40. The number of pyridine rings is 1. The predicted molar refractivity (Wildman–Crippen MR) is 168 cm³/mol. The summed E-state index contributed by atoms with van der Waals surface area (Å²) in [6, 6.07) is 11.0. The minimum absolute atomic E-state index is 0.0299. The number of hydrogen-bond acceptors (Lipinski definition) is 5. The van der Waals surface area contributed by atoms with Crippen LogP contribution in [0.4, 0.5) is 10.5 Å². The van der Waals surface area contributed by atoms with Crippen molar-refractivity contribution in [1.29, 1.82) is 0 Å². The van der Waals surface area contributed by atoms with Crippen LogP contribution < -0.4 is 16.0 Å². The van der Waals surface area contributed by atoms with E-state index in [9.17, 15) is 14.4 Å². The fraction of sp³-hybridized carbons (Fsp3) is 0.500. The summed E-state index contributed by atoms with van der Waals surface area (Å²) in [6.07, 6.45) is 10.6. The zero-order valence-corrected chi connectivity index (χ0v) is 25.6. The van der Waals surface area contributed by atoms with Gasteiger partial charge >= 0.3 is 6.03 Å². The molecule has 0 radical (unpaired) electrons. The van der Waals surface area contributed by atoms with Gasteiger partial charge in [0, 0.05) is 30.9 Å². The number of benzene rings is 1. The maximum Gasteiger partial charge on any atom is 0.320 e. The van der Waals surface area contributed by atoms with Crippen LogP contribution in [-0.4, -0.2) is 34.0 Å². The lowest BCUT2D eigenvalue weighted by atomic mass is 9.81. The molecule has 1 aliphatic carbocycles. The highest BCUT2D eigenvalue weighted by Crippen LogP contribution is 2.35. The van der Waals surface area contributed by atoms with Crippen molar-refractivity contribution in [3.63, 3.8) is 0 Å². The maximum atomic E-state index is 14.2. The first-order chi connectivity index (χ1) is 20.1. The van der Waals surface area contributed by atoms with Crippen LogP contribution in [0.5, 0.6) is 0 Å². The fourth-order valence-corrected chi connectivity index (χ4v) is 6.00. The van der Waals surface area contributed by atoms with Gasteiger partial charge in [0.05, 0.1) is 17.4 Å². The lowest BCUT2D eigenvalue weighted by molar-refractivity contribution is -0.127. The normalized spacial score (nSPS) is 17.9. The number of aliphatic imine (C=N–C) groups is 1. The van der Waals surface area contributed by atoms with Crippen molar-refractivity contribution in [2.45, 2.75) is 103 Å². The molecular formula is C34H45N5O3. The number of anilines is 1. The van der Waals surface area contributed by atoms with E-state index in [1.54, 1.807) is 25.4 Å². The Hall–Kier alpha value is -3.81. The molecule has 4 rings (SSSR count). The molecule has 42 heavy (non-hydrogen) atoms. The van der Waals surface area contributed by atoms with Crippen molar-refractivity contribution in [2.24, 2.45) is 10.9 Å². The zero-order chi connectivity index (χ0) is 30.3. The predicted octanol–water partition coefficient (Wildman–Crippen LogP) is 6.96. The van der Waals surface area contributed by atoms with E-state index in [2.05, 4.69) is 53.6 Å². The molecule has 2 aliphatic rings. The number of hydrogen-bond donors (Lipinski definition) is 3. The number of carbonyl (C=O) groups excluding carboxylic acids is 3. The smallest absolute Gasteiger partial charge is 0.320 e. The largest absolute Gasteiger partial charge is 0.345 e. The van der Waals surface area contributed by atoms with Crippen molar-refractivity contribution >= 4 is 29.1 Å². The number of allylic oxidation sites excluding steroid dienone is 1. The second-order valence-electron chi connectivity index (χ2n) is 12.4. The molecule has 2 unspecified atom stereocenters. The third-order valence-corrected chi connectivity index (χ3v) is 8.40. The molecule has 0 saturated heterocycles. The molecule has 0 spiro atoms. The quantitative estimate of drug-likeness (QED) is 0.286. The van der Waals surface area contributed by atoms with Gasteiger partial charge < -0.3 is 16.0 Å². The lowest BCUT2D eigenvalue weighted by Gasteiger charge is -2.35. The number of nitrogens with zero attached hydrogens (tertiary/aromatic N) is 2. The second kappa shape index (κ2) is 13.9. The summed E-state index contributed by atoms with van der Waals surface area (Å²) in [6.45, 7) is 10.0. The van der Waals surface area contributed by atoms with Gasteiger partial charge in [-0.05, 0) is 60.8 Å². The average molecular weight is 572 g/mol. The Balaban J connectivity index is 1.65. The maximum absolute atomic E-state index is 14.2. The summed E-state index contributed by atoms with van der Waals surface area (Å²) in [5.74, 6) is 0.0806. The molecule has 8 heteroatoms. The van der Waals surface area contributed by atoms with Crippen LogP contribution in [0, 0.1) is 5.92 Å². The van der Waals surface area contributed by atoms with Crippen molar-refractivity contribution in [3.05, 3.63) is 71.7 Å². The van der Waals surface area contributed by atoms with Crippen LogP contribution in [0.15, 0.2) is 59.9 Å². The summed E-state index contributed by atoms with van der Waals surface area (Å²) >= 11 is 0. The Morgan fingerprint density at radius 2 is 1.67 bits per heavy atom. The van der Waals surface area contributed by atoms with Gasteiger partial charge in [-0.3, -0.25) is 19.6 Å². The van der Waals surface area contributed by atoms with Gasteiger partial charge in [0.25, 0.3) is 0 Å². The van der Waals surface area contributed by atoms with Gasteiger partial charge in [-0.15, -0.1) is 0 Å². The molecule has 2 atom stereocenters. The monoisotopic (exact) mass is 571 g/mol. The Bertz CT molecular complexity index is 1300. The fourth-order valence-electron chi connectivity index (χ4n) is 6.00. The Morgan fingerprint density at radius 1 is 0.976 bits per heavy atom. The van der Waals surface area contributed by atoms with Crippen LogP contribution >= 0.6 is 0 Å². The van der Waals surface area contributed by atoms with Crippen LogP contribution in [0.25, 0.3) is 0 Å². The van der Waals surface area contributed by atoms with Crippen molar-refractivity contribution in [1.82, 2.24) is 15.6 Å². The molecular weight excluding hydrogens is 526 g/mol. The number of Topliss-reactive ketones (excluding diaryl/α,β-unsaturated/α-hetero) is 1. The molecule has 2 aromatic rings. The number of nitrogens with one attached hydrogen (secondary N) is 3. The number of aromatic nitrogens is 1. The Kier molecular flexibility index (Phi) is 10.3. The van der Waals surface area contributed by atoms with E-state index in [0.29, 0.717) is 0 Å². The lowest BCUT2D eigenvalue weighted by Crippen LogP contribution is -2.60. The molecule has 1 fully saturated rings. The van der Waals surface area contributed by atoms with E-state index >= 15 is 0 Å². The minimum atomic E-state index is -1.45. The summed E-state index contributed by atoms with van der Waals surface area (Å²) in [5.41, 5.74) is 2.42. The van der Waals surface area contributed by atoms with Gasteiger partial charge in [0.1, 0.15) is 5.54 Å². The first kappa shape index (κ1) is 31.1. The number of ketones is 1. The SMILES string of the molecule is CC(C)c1cccc(C(C)C)c1NC(=O)NC(C)(CC1=NC=CCC1=O)C(=O)NC(c1ccccn1)C1CCCCC1. The summed E-state index contributed by atoms with van der Waals surface area (Å²) in [5, 5.41) is 9.28. The van der Waals surface area contributed by atoms with Crippen LogP contribution in [0.1, 0.15) is 114 Å². The van der Waals surface area contributed by atoms with E-state index in [-0.39, 0.29) is 54.0 Å². The second-order valence-corrected chi connectivity index (χ2v) is 12.4. The highest BCUT2D eigenvalue weighted by atomic mass is 16.2. The third kappa shape index (κ3) is 7.52. The molecule has 3 amide bonds. The zero-order valence-electron chi connectivity index (χ0n) is 25.6. The number of para-hydroxylation sites is 1. The van der Waals surface area contributed by atoms with Crippen LogP contribution in [-0.2, 0) is 9.59 Å². The molecule has 8 nitrogen and oxygen atoms in total. The number of amides is 3. The van der Waals surface area contributed by atoms with Crippen molar-refractivity contribution in [2.75, 3.05) is 5.32 Å². The van der Waals surface area contributed by atoms with E-state index in [1.807, 2.05) is 36.4 Å². The molecule has 1 aromatic carbocycles. The Morgan fingerprint density at radius 3 is 2.26 bits per heavy atom. The highest BCUT2D eigenvalue weighted by Gasteiger charge is 2.40. The number of carbonyl (C=O) groups is 3. The van der Waals surface area contributed by atoms with Crippen molar-refractivity contribution < 1.29 is 14.4 Å². The number of urea groups is 1. The number of rotatable bonds is 10. The molecule has 1 saturated carbocycles. The Labute approximate surface area is 249 Å². The van der Waals surface area contributed by atoms with Crippen LogP contribution in [0.3, 0.4) is 0 Å². The summed E-state index contributed by atoms with van der Waals surface area (Å²) in [7, 11) is 0. The van der Waals surface area contributed by atoms with Gasteiger partial charge in [0.2, 0.25) is 5.91 Å². The van der Waals surface area contributed by atoms with Gasteiger partial charge in [-0.1, -0.05) is 77.3 Å². The van der Waals surface area contributed by atoms with Gasteiger partial charge in [0.15, 0.2) is 5.78 Å². The summed E-state index contributed by atoms with van der Waals surface area (Å²) < 4.78 is 0. The molecule has 3 N–H and O–H groups in total. The van der Waals surface area contributed by atoms with Gasteiger partial charge in [-0.25, -0.2) is 4.79 Å². The van der Waals surface area contributed by atoms with Crippen molar-refractivity contribution in [3.8, 4) is 0 Å². The van der Waals surface area contributed by atoms with E-state index in [4.69, 9.17) is 0 Å². The standard InChI is InChI=1S/C34H45N5O3/c1-22(2)25-15-11-16-26(23(3)4)31(25)38-33(42)39-34(5,21-28-29(40)18-12-20-36-28)32(41)37-30(24-13-7-6-8-14-24)27-17-9-10-19-35-27/h9-12,15-17,19-20,22-24,30H,6-8,13-14,18,21H2,1-5H3,(H,37,41)(H2,38,39,42). The highest BCUT2D eigenvalue weighted by molar-refractivity contribution is 6.41. The van der Waals surface area contributed by atoms with Crippen LogP contribution in [0.2, 0.25) is 0 Å². The molecule has 2 heterocycles. The molecule has 1 aromatic heterocycles. The first-order valence-electron chi connectivity index (χ1n) is 15.3. The minimum Gasteiger partial charge on any atom is -0.345 e. The van der Waals surface area contributed by atoms with E-state index in [0.717, 1.165) is 48.2 Å². The topological polar surface area (TPSA) is 113 Å². The molecule has 0 bridgehead atoms. The van der Waals surface area contributed by atoms with Gasteiger partial charge in [-0.2, -0.15) is 0 Å². The summed E-state index contributed by atoms with van der Waals surface area (Å²) in [4.78, 5) is 49.6. The molecule has 224 valence electrons. The van der Waals surface area contributed by atoms with E-state index < -0.39 is 11.6 Å². The first-order valence-corrected chi connectivity index (χ1v) is 15.3. The average Bonchev–Trinajstić information content (AvgIpc) is 2.97. The van der Waals surface area contributed by atoms with E-state index in [1.165, 1.54) is 6.42 Å².